The zero-order chi connectivity index (χ0) is 20.5. The number of hydrogen-bond donors (Lipinski definition) is 3. The molecule has 29 heavy (non-hydrogen) atoms. The Balaban J connectivity index is 2.00. The number of aromatic hydroxyl groups is 2. The first-order chi connectivity index (χ1) is 14.0. The van der Waals surface area contributed by atoms with Gasteiger partial charge in [-0.1, -0.05) is 0 Å². The van der Waals surface area contributed by atoms with Gasteiger partial charge in [0.25, 0.3) is 0 Å². The number of methoxy groups -OCH3 is 1. The molecule has 0 spiro atoms. The number of aromatic amines is 1. The van der Waals surface area contributed by atoms with Crippen LogP contribution >= 0.6 is 0 Å². The minimum Gasteiger partial charge on any atom is -0.504 e. The summed E-state index contributed by atoms with van der Waals surface area (Å²) in [5.41, 5.74) is 1.46. The highest BCUT2D eigenvalue weighted by Crippen LogP contribution is 2.39. The maximum Gasteiger partial charge on any atom is 0.227 e. The Morgan fingerprint density at radius 1 is 1.14 bits per heavy atom. The number of ether oxygens (including phenoxy) is 1. The molecule has 0 saturated heterocycles. The molecule has 0 bridgehead atoms. The lowest BCUT2D eigenvalue weighted by Gasteiger charge is -2.08. The summed E-state index contributed by atoms with van der Waals surface area (Å²) in [7, 11) is 1.44. The predicted octanol–water partition coefficient (Wildman–Crippen LogP) is 3.49. The molecule has 146 valence electrons. The van der Waals surface area contributed by atoms with Gasteiger partial charge in [0.2, 0.25) is 11.2 Å². The number of nitrogens with zero attached hydrogens (tertiary/aromatic N) is 2. The van der Waals surface area contributed by atoms with Gasteiger partial charge in [-0.3, -0.25) is 9.78 Å². The number of imidazole rings is 1. The normalized spacial score (nSPS) is 10.8. The van der Waals surface area contributed by atoms with E-state index in [1.165, 1.54) is 19.2 Å². The largest absolute Gasteiger partial charge is 0.504 e. The van der Waals surface area contributed by atoms with Crippen LogP contribution in [0.2, 0.25) is 0 Å². The second-order valence-corrected chi connectivity index (χ2v) is 6.34. The van der Waals surface area contributed by atoms with Crippen molar-refractivity contribution in [1.29, 1.82) is 0 Å². The van der Waals surface area contributed by atoms with Crippen LogP contribution < -0.4 is 10.2 Å². The number of aromatic nitrogens is 3. The highest BCUT2D eigenvalue weighted by molar-refractivity contribution is 5.82. The van der Waals surface area contributed by atoms with Gasteiger partial charge < -0.3 is 24.4 Å². The average Bonchev–Trinajstić information content (AvgIpc) is 3.17. The summed E-state index contributed by atoms with van der Waals surface area (Å²) in [4.78, 5) is 23.9. The van der Waals surface area contributed by atoms with E-state index in [9.17, 15) is 15.0 Å². The standard InChI is InChI=1S/C21H17N3O5/c1-11-8-15(26)19(27)20(29-11)18-17(12-5-6-14(25)16(9-12)28-2)23-21(24-18)13-4-3-7-22-10-13/h3-10,25,27H,1-2H3,(H,23,24). The molecule has 0 radical (unpaired) electrons. The van der Waals surface area contributed by atoms with Crippen molar-refractivity contribution in [2.45, 2.75) is 6.92 Å². The second kappa shape index (κ2) is 7.16. The Bertz CT molecular complexity index is 1250. The number of pyridine rings is 1. The van der Waals surface area contributed by atoms with Gasteiger partial charge in [0.1, 0.15) is 23.0 Å². The van der Waals surface area contributed by atoms with Gasteiger partial charge in [-0.2, -0.15) is 0 Å². The number of nitrogens with one attached hydrogen (secondary N) is 1. The first kappa shape index (κ1) is 18.3. The van der Waals surface area contributed by atoms with Gasteiger partial charge in [0, 0.05) is 29.6 Å². The van der Waals surface area contributed by atoms with Crippen molar-refractivity contribution < 1.29 is 19.4 Å². The summed E-state index contributed by atoms with van der Waals surface area (Å²) < 4.78 is 10.8. The van der Waals surface area contributed by atoms with E-state index >= 15 is 0 Å². The fourth-order valence-electron chi connectivity index (χ4n) is 2.98. The van der Waals surface area contributed by atoms with Crippen LogP contribution in [0.25, 0.3) is 34.1 Å². The molecule has 0 aliphatic heterocycles. The van der Waals surface area contributed by atoms with Crippen molar-refractivity contribution in [1.82, 2.24) is 15.0 Å². The van der Waals surface area contributed by atoms with E-state index in [0.29, 0.717) is 34.1 Å². The van der Waals surface area contributed by atoms with Crippen molar-refractivity contribution in [2.75, 3.05) is 7.11 Å². The van der Waals surface area contributed by atoms with E-state index in [4.69, 9.17) is 9.15 Å². The third kappa shape index (κ3) is 3.31. The molecule has 0 saturated carbocycles. The van der Waals surface area contributed by atoms with Gasteiger partial charge in [0.05, 0.1) is 7.11 Å². The van der Waals surface area contributed by atoms with Crippen LogP contribution in [0.15, 0.2) is 58.0 Å². The molecule has 0 aliphatic carbocycles. The molecule has 3 aromatic heterocycles. The molecule has 4 rings (SSSR count). The molecule has 1 aromatic carbocycles. The Hall–Kier alpha value is -4.07. The van der Waals surface area contributed by atoms with Gasteiger partial charge in [-0.05, 0) is 37.3 Å². The number of phenols is 1. The number of H-pyrrole nitrogens is 1. The second-order valence-electron chi connectivity index (χ2n) is 6.34. The Labute approximate surface area is 165 Å². The molecular weight excluding hydrogens is 374 g/mol. The lowest BCUT2D eigenvalue weighted by molar-refractivity contribution is 0.373. The topological polar surface area (TPSA) is 121 Å². The van der Waals surface area contributed by atoms with Crippen LogP contribution in [0.4, 0.5) is 0 Å². The molecule has 3 heterocycles. The molecule has 0 aliphatic rings. The highest BCUT2D eigenvalue weighted by atomic mass is 16.5. The van der Waals surface area contributed by atoms with Crippen molar-refractivity contribution in [3.8, 4) is 51.3 Å². The monoisotopic (exact) mass is 391 g/mol. The number of phenolic OH excluding ortho intramolecular Hbond substituents is 1. The third-order valence-corrected chi connectivity index (χ3v) is 4.36. The van der Waals surface area contributed by atoms with E-state index in [1.54, 1.807) is 37.5 Å². The molecule has 8 nitrogen and oxygen atoms in total. The minimum atomic E-state index is -0.560. The van der Waals surface area contributed by atoms with Gasteiger partial charge in [-0.15, -0.1) is 0 Å². The SMILES string of the molecule is COc1cc(-c2nc(-c3cccnc3)[nH]c2-c2oc(C)cc(=O)c2O)ccc1O. The molecule has 8 heteroatoms. The summed E-state index contributed by atoms with van der Waals surface area (Å²) in [6.07, 6.45) is 3.28. The molecule has 0 atom stereocenters. The van der Waals surface area contributed by atoms with E-state index in [0.717, 1.165) is 0 Å². The van der Waals surface area contributed by atoms with Crippen molar-refractivity contribution in [2.24, 2.45) is 0 Å². The summed E-state index contributed by atoms with van der Waals surface area (Å²) >= 11 is 0. The van der Waals surface area contributed by atoms with Crippen LogP contribution in [-0.4, -0.2) is 32.3 Å². The quantitative estimate of drug-likeness (QED) is 0.487. The molecule has 0 amide bonds. The maximum absolute atomic E-state index is 12.1. The van der Waals surface area contributed by atoms with Gasteiger partial charge in [0.15, 0.2) is 17.3 Å². The van der Waals surface area contributed by atoms with Crippen molar-refractivity contribution >= 4 is 0 Å². The Kier molecular flexibility index (Phi) is 4.52. The lowest BCUT2D eigenvalue weighted by atomic mass is 10.1. The van der Waals surface area contributed by atoms with E-state index in [2.05, 4.69) is 15.0 Å². The molecule has 3 N–H and O–H groups in total. The molecule has 0 unspecified atom stereocenters. The van der Waals surface area contributed by atoms with Crippen molar-refractivity contribution in [3.05, 3.63) is 64.8 Å². The zero-order valence-corrected chi connectivity index (χ0v) is 15.6. The fourth-order valence-corrected chi connectivity index (χ4v) is 2.98. The predicted molar refractivity (Wildman–Crippen MR) is 106 cm³/mol. The molecular formula is C21H17N3O5. The van der Waals surface area contributed by atoms with Crippen LogP contribution in [0.5, 0.6) is 17.2 Å². The Morgan fingerprint density at radius 2 is 1.97 bits per heavy atom. The minimum absolute atomic E-state index is 0.0225. The number of aryl methyl sites for hydroxylation is 1. The summed E-state index contributed by atoms with van der Waals surface area (Å²) in [6, 6.07) is 9.53. The summed E-state index contributed by atoms with van der Waals surface area (Å²) in [5, 5.41) is 20.2. The molecule has 4 aromatic rings. The number of hydrogen-bond acceptors (Lipinski definition) is 7. The number of benzene rings is 1. The summed E-state index contributed by atoms with van der Waals surface area (Å²) in [6.45, 7) is 1.62. The zero-order valence-electron chi connectivity index (χ0n) is 15.6. The summed E-state index contributed by atoms with van der Waals surface area (Å²) in [5.74, 6) is 0.497. The van der Waals surface area contributed by atoms with Crippen LogP contribution in [0, 0.1) is 6.92 Å². The van der Waals surface area contributed by atoms with Crippen LogP contribution in [-0.2, 0) is 0 Å². The fraction of sp³-hybridized carbons (Fsp3) is 0.0952. The Morgan fingerprint density at radius 3 is 2.69 bits per heavy atom. The van der Waals surface area contributed by atoms with Crippen LogP contribution in [0.3, 0.4) is 0 Å². The first-order valence-electron chi connectivity index (χ1n) is 8.69. The van der Waals surface area contributed by atoms with E-state index in [-0.39, 0.29) is 17.3 Å². The van der Waals surface area contributed by atoms with Gasteiger partial charge in [-0.25, -0.2) is 4.98 Å². The van der Waals surface area contributed by atoms with E-state index < -0.39 is 11.2 Å². The van der Waals surface area contributed by atoms with Gasteiger partial charge >= 0.3 is 0 Å². The third-order valence-electron chi connectivity index (χ3n) is 4.36. The van der Waals surface area contributed by atoms with E-state index in [1.807, 2.05) is 6.07 Å². The lowest BCUT2D eigenvalue weighted by Crippen LogP contribution is -2.01. The van der Waals surface area contributed by atoms with Crippen molar-refractivity contribution in [3.63, 3.8) is 0 Å². The van der Waals surface area contributed by atoms with Crippen LogP contribution in [0.1, 0.15) is 5.76 Å². The highest BCUT2D eigenvalue weighted by Gasteiger charge is 2.22. The maximum atomic E-state index is 12.1. The smallest absolute Gasteiger partial charge is 0.227 e. The molecule has 0 fully saturated rings. The average molecular weight is 391 g/mol. The first-order valence-corrected chi connectivity index (χ1v) is 8.69. The number of rotatable bonds is 4.